The Morgan fingerprint density at radius 3 is 2.69 bits per heavy atom. The lowest BCUT2D eigenvalue weighted by Crippen LogP contribution is -2.10. The number of nitrogens with two attached hydrogens (primary N) is 1. The summed E-state index contributed by atoms with van der Waals surface area (Å²) in [5.41, 5.74) is 2.38. The molecule has 0 aliphatic rings. The number of ether oxygens (including phenoxy) is 1. The smallest absolute Gasteiger partial charge is 0.234 e. The standard InChI is InChI=1S/C10H15Cl2N3O/c1-6(2)3-4-16-10-8(12)5-7(11)9(14-10)15-13/h5-6H,3-4,13H2,1-2H3,(H,14,15). The summed E-state index contributed by atoms with van der Waals surface area (Å²) in [6.07, 6.45) is 0.937. The molecule has 0 saturated heterocycles. The number of rotatable bonds is 5. The van der Waals surface area contributed by atoms with Gasteiger partial charge in [0.05, 0.1) is 11.6 Å². The fraction of sp³-hybridized carbons (Fsp3) is 0.500. The minimum absolute atomic E-state index is 0.347. The molecule has 1 heterocycles. The Morgan fingerprint density at radius 2 is 2.12 bits per heavy atom. The van der Waals surface area contributed by atoms with Crippen molar-refractivity contribution in [2.24, 2.45) is 11.8 Å². The topological polar surface area (TPSA) is 60.2 Å². The molecular weight excluding hydrogens is 249 g/mol. The molecule has 0 amide bonds. The van der Waals surface area contributed by atoms with E-state index >= 15 is 0 Å². The number of nitrogens with zero attached hydrogens (tertiary/aromatic N) is 1. The Bertz CT molecular complexity index is 358. The number of hydrazine groups is 1. The van der Waals surface area contributed by atoms with Crippen molar-refractivity contribution in [1.82, 2.24) is 4.98 Å². The van der Waals surface area contributed by atoms with Gasteiger partial charge in [-0.15, -0.1) is 0 Å². The summed E-state index contributed by atoms with van der Waals surface area (Å²) in [5, 5.41) is 0.747. The number of pyridine rings is 1. The molecule has 0 bridgehead atoms. The Morgan fingerprint density at radius 1 is 1.44 bits per heavy atom. The molecule has 0 spiro atoms. The number of nitrogens with one attached hydrogen (secondary N) is 1. The predicted molar refractivity (Wildman–Crippen MR) is 67.0 cm³/mol. The summed E-state index contributed by atoms with van der Waals surface area (Å²) in [5.74, 6) is 6.52. The zero-order chi connectivity index (χ0) is 12.1. The molecule has 1 rings (SSSR count). The third kappa shape index (κ3) is 3.70. The van der Waals surface area contributed by atoms with Crippen LogP contribution < -0.4 is 16.0 Å². The SMILES string of the molecule is CC(C)CCOc1nc(NN)c(Cl)cc1Cl. The van der Waals surface area contributed by atoms with Crippen LogP contribution in [-0.4, -0.2) is 11.6 Å². The molecule has 0 aliphatic carbocycles. The van der Waals surface area contributed by atoms with Gasteiger partial charge in [-0.3, -0.25) is 0 Å². The molecule has 0 aliphatic heterocycles. The summed E-state index contributed by atoms with van der Waals surface area (Å²) < 4.78 is 5.45. The number of hydrogen-bond donors (Lipinski definition) is 2. The van der Waals surface area contributed by atoms with Gasteiger partial charge in [0.25, 0.3) is 0 Å². The highest BCUT2D eigenvalue weighted by atomic mass is 35.5. The molecule has 0 aromatic carbocycles. The van der Waals surface area contributed by atoms with Crippen molar-refractivity contribution in [3.05, 3.63) is 16.1 Å². The van der Waals surface area contributed by atoms with Crippen molar-refractivity contribution >= 4 is 29.0 Å². The van der Waals surface area contributed by atoms with E-state index in [1.54, 1.807) is 6.07 Å². The van der Waals surface area contributed by atoms with E-state index in [1.807, 2.05) is 0 Å². The van der Waals surface area contributed by atoms with Crippen LogP contribution in [0.5, 0.6) is 5.88 Å². The molecule has 16 heavy (non-hydrogen) atoms. The first-order valence-electron chi connectivity index (χ1n) is 5.00. The van der Waals surface area contributed by atoms with E-state index in [-0.39, 0.29) is 0 Å². The molecule has 0 unspecified atom stereocenters. The number of anilines is 1. The number of hydrogen-bond acceptors (Lipinski definition) is 4. The molecule has 6 heteroatoms. The Labute approximate surface area is 105 Å². The van der Waals surface area contributed by atoms with E-state index < -0.39 is 0 Å². The fourth-order valence-corrected chi connectivity index (χ4v) is 1.51. The molecular formula is C10H15Cl2N3O. The van der Waals surface area contributed by atoms with Gasteiger partial charge in [0.1, 0.15) is 5.02 Å². The molecule has 0 radical (unpaired) electrons. The van der Waals surface area contributed by atoms with Crippen LogP contribution in [0.15, 0.2) is 6.07 Å². The summed E-state index contributed by atoms with van der Waals surface area (Å²) in [6, 6.07) is 1.55. The van der Waals surface area contributed by atoms with E-state index in [1.165, 1.54) is 0 Å². The maximum absolute atomic E-state index is 5.93. The second-order valence-corrected chi connectivity index (χ2v) is 4.60. The molecule has 1 aromatic rings. The average molecular weight is 264 g/mol. The molecule has 3 N–H and O–H groups in total. The van der Waals surface area contributed by atoms with Crippen molar-refractivity contribution in [3.63, 3.8) is 0 Å². The zero-order valence-corrected chi connectivity index (χ0v) is 10.8. The van der Waals surface area contributed by atoms with Gasteiger partial charge in [0, 0.05) is 0 Å². The van der Waals surface area contributed by atoms with Crippen LogP contribution in [0.4, 0.5) is 5.82 Å². The second-order valence-electron chi connectivity index (χ2n) is 3.78. The van der Waals surface area contributed by atoms with Crippen LogP contribution in [0, 0.1) is 5.92 Å². The first-order chi connectivity index (χ1) is 7.54. The third-order valence-corrected chi connectivity index (χ3v) is 2.53. The van der Waals surface area contributed by atoms with E-state index in [9.17, 15) is 0 Å². The van der Waals surface area contributed by atoms with Gasteiger partial charge in [0.2, 0.25) is 5.88 Å². The van der Waals surface area contributed by atoms with E-state index in [0.717, 1.165) is 6.42 Å². The average Bonchev–Trinajstić information content (AvgIpc) is 2.20. The molecule has 90 valence electrons. The Hall–Kier alpha value is -0.710. The lowest BCUT2D eigenvalue weighted by molar-refractivity contribution is 0.280. The van der Waals surface area contributed by atoms with Crippen LogP contribution >= 0.6 is 23.2 Å². The van der Waals surface area contributed by atoms with Crippen molar-refractivity contribution < 1.29 is 4.74 Å². The van der Waals surface area contributed by atoms with Crippen LogP contribution in [0.1, 0.15) is 20.3 Å². The minimum Gasteiger partial charge on any atom is -0.477 e. The number of aromatic nitrogens is 1. The van der Waals surface area contributed by atoms with Gasteiger partial charge in [-0.05, 0) is 18.4 Å². The van der Waals surface area contributed by atoms with Crippen molar-refractivity contribution in [3.8, 4) is 5.88 Å². The van der Waals surface area contributed by atoms with Gasteiger partial charge >= 0.3 is 0 Å². The summed E-state index contributed by atoms with van der Waals surface area (Å²) in [6.45, 7) is 4.80. The number of nitrogen functional groups attached to an aromatic ring is 1. The van der Waals surface area contributed by atoms with E-state index in [0.29, 0.717) is 34.3 Å². The van der Waals surface area contributed by atoms with Crippen LogP contribution in [0.2, 0.25) is 10.0 Å². The van der Waals surface area contributed by atoms with E-state index in [4.69, 9.17) is 33.8 Å². The summed E-state index contributed by atoms with van der Waals surface area (Å²) >= 11 is 11.8. The van der Waals surface area contributed by atoms with Crippen LogP contribution in [-0.2, 0) is 0 Å². The van der Waals surface area contributed by atoms with Crippen LogP contribution in [0.3, 0.4) is 0 Å². The molecule has 0 saturated carbocycles. The van der Waals surface area contributed by atoms with Gasteiger partial charge in [-0.1, -0.05) is 37.0 Å². The fourth-order valence-electron chi connectivity index (χ4n) is 1.04. The normalized spacial score (nSPS) is 10.6. The second kappa shape index (κ2) is 6.13. The predicted octanol–water partition coefficient (Wildman–Crippen LogP) is 3.10. The lowest BCUT2D eigenvalue weighted by atomic mass is 10.1. The summed E-state index contributed by atoms with van der Waals surface area (Å²) in [7, 11) is 0. The highest BCUT2D eigenvalue weighted by Gasteiger charge is 2.09. The maximum atomic E-state index is 5.93. The number of halogens is 2. The minimum atomic E-state index is 0.347. The van der Waals surface area contributed by atoms with Gasteiger partial charge in [-0.25, -0.2) is 5.84 Å². The largest absolute Gasteiger partial charge is 0.477 e. The highest BCUT2D eigenvalue weighted by molar-refractivity contribution is 6.36. The van der Waals surface area contributed by atoms with Crippen molar-refractivity contribution in [1.29, 1.82) is 0 Å². The maximum Gasteiger partial charge on any atom is 0.234 e. The summed E-state index contributed by atoms with van der Waals surface area (Å²) in [4.78, 5) is 4.06. The third-order valence-electron chi connectivity index (χ3n) is 1.97. The Kier molecular flexibility index (Phi) is 5.12. The van der Waals surface area contributed by atoms with Gasteiger partial charge in [-0.2, -0.15) is 4.98 Å². The first-order valence-corrected chi connectivity index (χ1v) is 5.75. The quantitative estimate of drug-likeness (QED) is 0.633. The Balaban J connectivity index is 2.72. The molecule has 0 atom stereocenters. The molecule has 1 aromatic heterocycles. The molecule has 0 fully saturated rings. The van der Waals surface area contributed by atoms with Crippen LogP contribution in [0.25, 0.3) is 0 Å². The zero-order valence-electron chi connectivity index (χ0n) is 9.26. The highest BCUT2D eigenvalue weighted by Crippen LogP contribution is 2.30. The van der Waals surface area contributed by atoms with Gasteiger partial charge < -0.3 is 10.2 Å². The first kappa shape index (κ1) is 13.4. The monoisotopic (exact) mass is 263 g/mol. The van der Waals surface area contributed by atoms with E-state index in [2.05, 4.69) is 24.3 Å². The van der Waals surface area contributed by atoms with Crippen molar-refractivity contribution in [2.45, 2.75) is 20.3 Å². The molecule has 4 nitrogen and oxygen atoms in total. The lowest BCUT2D eigenvalue weighted by Gasteiger charge is -2.10. The van der Waals surface area contributed by atoms with Crippen molar-refractivity contribution in [2.75, 3.05) is 12.0 Å². The van der Waals surface area contributed by atoms with Gasteiger partial charge in [0.15, 0.2) is 5.82 Å².